The van der Waals surface area contributed by atoms with E-state index >= 15 is 0 Å². The van der Waals surface area contributed by atoms with Crippen LogP contribution in [0.2, 0.25) is 0 Å². The first-order valence-corrected chi connectivity index (χ1v) is 5.99. The normalized spacial score (nSPS) is 11.9. The van der Waals surface area contributed by atoms with Crippen molar-refractivity contribution in [3.8, 4) is 11.4 Å². The van der Waals surface area contributed by atoms with Gasteiger partial charge >= 0.3 is 0 Å². The van der Waals surface area contributed by atoms with Gasteiger partial charge in [0.1, 0.15) is 0 Å². The number of hydrogen-bond donors (Lipinski definition) is 1. The molecule has 0 atom stereocenters. The summed E-state index contributed by atoms with van der Waals surface area (Å²) in [5.41, 5.74) is -0.116. The molecule has 2 aromatic rings. The maximum Gasteiger partial charge on any atom is 0.240 e. The van der Waals surface area contributed by atoms with E-state index in [1.165, 1.54) is 0 Å². The van der Waals surface area contributed by atoms with Gasteiger partial charge in [0.05, 0.1) is 6.54 Å². The summed E-state index contributed by atoms with van der Waals surface area (Å²) in [4.78, 5) is 4.00. The van der Waals surface area contributed by atoms with Gasteiger partial charge in [-0.1, -0.05) is 5.16 Å². The summed E-state index contributed by atoms with van der Waals surface area (Å²) >= 11 is 0. The average Bonchev–Trinajstić information content (AvgIpc) is 2.81. The lowest BCUT2D eigenvalue weighted by Gasteiger charge is -2.18. The maximum absolute atomic E-state index is 13.1. The van der Waals surface area contributed by atoms with Gasteiger partial charge in [-0.2, -0.15) is 4.98 Å². The Labute approximate surface area is 114 Å². The van der Waals surface area contributed by atoms with Crippen LogP contribution in [0.25, 0.3) is 11.4 Å². The van der Waals surface area contributed by atoms with Crippen LogP contribution in [0.1, 0.15) is 26.7 Å². The first-order valence-electron chi connectivity index (χ1n) is 5.99. The molecule has 0 fully saturated rings. The van der Waals surface area contributed by atoms with E-state index in [0.717, 1.165) is 12.1 Å². The SMILES string of the molecule is CC(C)(C)NCc1nc(-c2cc(F)c(F)c(F)c2)no1. The highest BCUT2D eigenvalue weighted by molar-refractivity contribution is 5.54. The third-order valence-electron chi connectivity index (χ3n) is 2.48. The quantitative estimate of drug-likeness (QED) is 0.881. The van der Waals surface area contributed by atoms with Crippen molar-refractivity contribution in [3.63, 3.8) is 0 Å². The van der Waals surface area contributed by atoms with Crippen molar-refractivity contribution in [2.75, 3.05) is 0 Å². The van der Waals surface area contributed by atoms with Crippen LogP contribution in [0.3, 0.4) is 0 Å². The molecule has 1 aromatic heterocycles. The largest absolute Gasteiger partial charge is 0.338 e. The third-order valence-corrected chi connectivity index (χ3v) is 2.48. The van der Waals surface area contributed by atoms with Crippen molar-refractivity contribution >= 4 is 0 Å². The fraction of sp³-hybridized carbons (Fsp3) is 0.385. The minimum absolute atomic E-state index is 0.00788. The van der Waals surface area contributed by atoms with Crippen molar-refractivity contribution < 1.29 is 17.7 Å². The zero-order valence-electron chi connectivity index (χ0n) is 11.3. The predicted octanol–water partition coefficient (Wildman–Crippen LogP) is 3.04. The molecule has 7 heteroatoms. The molecule has 1 heterocycles. The minimum Gasteiger partial charge on any atom is -0.338 e. The number of hydrogen-bond acceptors (Lipinski definition) is 4. The van der Waals surface area contributed by atoms with Crippen molar-refractivity contribution in [2.45, 2.75) is 32.9 Å². The number of rotatable bonds is 3. The van der Waals surface area contributed by atoms with E-state index in [2.05, 4.69) is 15.5 Å². The van der Waals surface area contributed by atoms with Gasteiger partial charge in [-0.15, -0.1) is 0 Å². The Hall–Kier alpha value is -1.89. The molecule has 0 aliphatic heterocycles. The molecule has 0 amide bonds. The molecule has 0 bridgehead atoms. The number of nitrogens with one attached hydrogen (secondary N) is 1. The third kappa shape index (κ3) is 3.36. The van der Waals surface area contributed by atoms with E-state index in [9.17, 15) is 13.2 Å². The smallest absolute Gasteiger partial charge is 0.240 e. The molecule has 108 valence electrons. The number of nitrogens with zero attached hydrogens (tertiary/aromatic N) is 2. The fourth-order valence-corrected chi connectivity index (χ4v) is 1.47. The second kappa shape index (κ2) is 5.24. The van der Waals surface area contributed by atoms with Crippen molar-refractivity contribution in [3.05, 3.63) is 35.5 Å². The molecule has 4 nitrogen and oxygen atoms in total. The average molecular weight is 285 g/mol. The summed E-state index contributed by atoms with van der Waals surface area (Å²) in [5, 5.41) is 6.75. The van der Waals surface area contributed by atoms with Crippen LogP contribution in [0.5, 0.6) is 0 Å². The highest BCUT2D eigenvalue weighted by atomic mass is 19.2. The van der Waals surface area contributed by atoms with Gasteiger partial charge in [0, 0.05) is 11.1 Å². The van der Waals surface area contributed by atoms with E-state index in [1.54, 1.807) is 0 Å². The Bertz CT molecular complexity index is 597. The first-order chi connectivity index (χ1) is 9.26. The number of halogens is 3. The molecule has 0 saturated heterocycles. The Balaban J connectivity index is 2.21. The van der Waals surface area contributed by atoms with Crippen LogP contribution in [0.15, 0.2) is 16.7 Å². The zero-order chi connectivity index (χ0) is 14.9. The summed E-state index contributed by atoms with van der Waals surface area (Å²) < 4.78 is 44.1. The summed E-state index contributed by atoms with van der Waals surface area (Å²) in [7, 11) is 0. The molecule has 1 aromatic carbocycles. The van der Waals surface area contributed by atoms with Crippen LogP contribution in [-0.4, -0.2) is 15.7 Å². The lowest BCUT2D eigenvalue weighted by Crippen LogP contribution is -2.35. The van der Waals surface area contributed by atoms with Gasteiger partial charge in [0.2, 0.25) is 11.7 Å². The summed E-state index contributed by atoms with van der Waals surface area (Å²) in [6.45, 7) is 6.22. The van der Waals surface area contributed by atoms with Gasteiger partial charge in [0.25, 0.3) is 0 Å². The van der Waals surface area contributed by atoms with Crippen molar-refractivity contribution in [2.24, 2.45) is 0 Å². The molecule has 0 aliphatic rings. The first kappa shape index (κ1) is 14.5. The highest BCUT2D eigenvalue weighted by Gasteiger charge is 2.16. The van der Waals surface area contributed by atoms with Crippen LogP contribution in [0, 0.1) is 17.5 Å². The van der Waals surface area contributed by atoms with Crippen molar-refractivity contribution in [1.29, 1.82) is 0 Å². The Kier molecular flexibility index (Phi) is 3.80. The summed E-state index contributed by atoms with van der Waals surface area (Å²) in [6.07, 6.45) is 0. The van der Waals surface area contributed by atoms with Crippen LogP contribution < -0.4 is 5.32 Å². The van der Waals surface area contributed by atoms with Gasteiger partial charge in [0.15, 0.2) is 17.5 Å². The molecule has 2 rings (SSSR count). The lowest BCUT2D eigenvalue weighted by atomic mass is 10.1. The molecule has 0 unspecified atom stereocenters. The van der Waals surface area contributed by atoms with E-state index in [4.69, 9.17) is 4.52 Å². The van der Waals surface area contributed by atoms with Crippen LogP contribution in [-0.2, 0) is 6.54 Å². The Morgan fingerprint density at radius 3 is 2.30 bits per heavy atom. The number of benzene rings is 1. The van der Waals surface area contributed by atoms with E-state index in [1.807, 2.05) is 20.8 Å². The van der Waals surface area contributed by atoms with Gasteiger partial charge in [-0.05, 0) is 32.9 Å². The molecule has 0 radical (unpaired) electrons. The Morgan fingerprint density at radius 2 is 1.75 bits per heavy atom. The zero-order valence-corrected chi connectivity index (χ0v) is 11.3. The van der Waals surface area contributed by atoms with Gasteiger partial charge in [-0.25, -0.2) is 13.2 Å². The van der Waals surface area contributed by atoms with E-state index in [-0.39, 0.29) is 22.8 Å². The van der Waals surface area contributed by atoms with E-state index in [0.29, 0.717) is 6.54 Å². The lowest BCUT2D eigenvalue weighted by molar-refractivity contribution is 0.336. The second-order valence-electron chi connectivity index (χ2n) is 5.37. The molecular weight excluding hydrogens is 271 g/mol. The fourth-order valence-electron chi connectivity index (χ4n) is 1.47. The molecule has 0 saturated carbocycles. The van der Waals surface area contributed by atoms with E-state index < -0.39 is 17.5 Å². The minimum atomic E-state index is -1.52. The molecule has 1 N–H and O–H groups in total. The molecular formula is C13H14F3N3O. The van der Waals surface area contributed by atoms with Gasteiger partial charge in [-0.3, -0.25) is 0 Å². The standard InChI is InChI=1S/C13H14F3N3O/c1-13(2,3)17-6-10-18-12(19-20-10)7-4-8(14)11(16)9(15)5-7/h4-5,17H,6H2,1-3H3. The van der Waals surface area contributed by atoms with Crippen molar-refractivity contribution in [1.82, 2.24) is 15.5 Å². The topological polar surface area (TPSA) is 51.0 Å². The monoisotopic (exact) mass is 285 g/mol. The molecule has 0 aliphatic carbocycles. The van der Waals surface area contributed by atoms with Crippen LogP contribution in [0.4, 0.5) is 13.2 Å². The molecule has 20 heavy (non-hydrogen) atoms. The summed E-state index contributed by atoms with van der Waals surface area (Å²) in [5.74, 6) is -3.82. The molecule has 0 spiro atoms. The second-order valence-corrected chi connectivity index (χ2v) is 5.37. The summed E-state index contributed by atoms with van der Waals surface area (Å²) in [6, 6.07) is 1.65. The van der Waals surface area contributed by atoms with Gasteiger partial charge < -0.3 is 9.84 Å². The highest BCUT2D eigenvalue weighted by Crippen LogP contribution is 2.21. The van der Waals surface area contributed by atoms with Crippen LogP contribution >= 0.6 is 0 Å². The number of aromatic nitrogens is 2. The maximum atomic E-state index is 13.1. The Morgan fingerprint density at radius 1 is 1.15 bits per heavy atom. The predicted molar refractivity (Wildman–Crippen MR) is 66.2 cm³/mol.